The van der Waals surface area contributed by atoms with Crippen molar-refractivity contribution in [1.29, 1.82) is 0 Å². The lowest BCUT2D eigenvalue weighted by atomic mass is 10.2. The molecule has 0 radical (unpaired) electrons. The fraction of sp³-hybridized carbons (Fsp3) is 0.429. The van der Waals surface area contributed by atoms with Crippen molar-refractivity contribution >= 4 is 10.9 Å². The van der Waals surface area contributed by atoms with Crippen LogP contribution in [0.5, 0.6) is 5.75 Å². The van der Waals surface area contributed by atoms with Crippen LogP contribution in [0, 0.1) is 0 Å². The average molecular weight is 284 g/mol. The molecule has 0 saturated carbocycles. The first kappa shape index (κ1) is 13.3. The summed E-state index contributed by atoms with van der Waals surface area (Å²) in [6.45, 7) is 4.11. The van der Waals surface area contributed by atoms with Crippen molar-refractivity contribution in [3.8, 4) is 5.75 Å². The lowest BCUT2D eigenvalue weighted by molar-refractivity contribution is -0.274. The Morgan fingerprint density at radius 2 is 1.90 bits per heavy atom. The number of halogens is 3. The summed E-state index contributed by atoms with van der Waals surface area (Å²) in [6, 6.07) is 6.26. The summed E-state index contributed by atoms with van der Waals surface area (Å²) in [4.78, 5) is 2.35. The second-order valence-electron chi connectivity index (χ2n) is 4.97. The van der Waals surface area contributed by atoms with Crippen molar-refractivity contribution in [2.24, 2.45) is 0 Å². The maximum absolute atomic E-state index is 12.2. The maximum Gasteiger partial charge on any atom is 0.573 e. The second kappa shape index (κ2) is 5.01. The van der Waals surface area contributed by atoms with Gasteiger partial charge in [-0.25, -0.2) is 0 Å². The zero-order chi connectivity index (χ0) is 14.2. The molecule has 1 fully saturated rings. The van der Waals surface area contributed by atoms with Gasteiger partial charge in [0.05, 0.1) is 0 Å². The minimum Gasteiger partial charge on any atom is -0.406 e. The minimum atomic E-state index is -4.65. The fourth-order valence-electron chi connectivity index (χ4n) is 2.42. The van der Waals surface area contributed by atoms with E-state index < -0.39 is 6.36 Å². The molecule has 1 aromatic heterocycles. The Morgan fingerprint density at radius 1 is 1.10 bits per heavy atom. The molecule has 3 rings (SSSR count). The van der Waals surface area contributed by atoms with Gasteiger partial charge in [-0.1, -0.05) is 0 Å². The molecule has 1 aromatic carbocycles. The first-order valence-corrected chi connectivity index (χ1v) is 6.58. The van der Waals surface area contributed by atoms with Gasteiger partial charge in [0.1, 0.15) is 5.75 Å². The van der Waals surface area contributed by atoms with E-state index in [4.69, 9.17) is 0 Å². The summed E-state index contributed by atoms with van der Waals surface area (Å²) in [6.07, 6.45) is -1.49. The summed E-state index contributed by atoms with van der Waals surface area (Å²) >= 11 is 0. The highest BCUT2D eigenvalue weighted by Crippen LogP contribution is 2.27. The Hall–Kier alpha value is -1.69. The van der Waals surface area contributed by atoms with Gasteiger partial charge in [-0.2, -0.15) is 0 Å². The molecule has 3 nitrogen and oxygen atoms in total. The molecular formula is C14H15F3N2O. The van der Waals surface area contributed by atoms with Crippen LogP contribution in [0.25, 0.3) is 10.9 Å². The summed E-state index contributed by atoms with van der Waals surface area (Å²) in [5.41, 5.74) is 0.931. The molecule has 1 aliphatic heterocycles. The van der Waals surface area contributed by atoms with E-state index in [1.807, 2.05) is 12.3 Å². The van der Waals surface area contributed by atoms with Gasteiger partial charge in [0.25, 0.3) is 0 Å². The van der Waals surface area contributed by atoms with Gasteiger partial charge in [-0.3, -0.25) is 0 Å². The van der Waals surface area contributed by atoms with E-state index in [9.17, 15) is 13.2 Å². The van der Waals surface area contributed by atoms with Crippen molar-refractivity contribution in [2.75, 3.05) is 19.6 Å². The smallest absolute Gasteiger partial charge is 0.406 e. The van der Waals surface area contributed by atoms with E-state index in [0.29, 0.717) is 0 Å². The largest absolute Gasteiger partial charge is 0.573 e. The molecule has 0 amide bonds. The number of rotatable bonds is 4. The number of ether oxygens (including phenoxy) is 1. The number of likely N-dealkylation sites (tertiary alicyclic amines) is 1. The Morgan fingerprint density at radius 3 is 2.55 bits per heavy atom. The van der Waals surface area contributed by atoms with Crippen molar-refractivity contribution in [3.63, 3.8) is 0 Å². The molecule has 0 atom stereocenters. The maximum atomic E-state index is 12.2. The highest BCUT2D eigenvalue weighted by molar-refractivity contribution is 5.81. The Bertz CT molecular complexity index is 602. The molecule has 2 heterocycles. The molecule has 0 bridgehead atoms. The van der Waals surface area contributed by atoms with E-state index in [2.05, 4.69) is 14.2 Å². The molecule has 0 spiro atoms. The van der Waals surface area contributed by atoms with Crippen LogP contribution in [0.4, 0.5) is 13.2 Å². The van der Waals surface area contributed by atoms with Gasteiger partial charge in [-0.15, -0.1) is 13.2 Å². The molecule has 6 heteroatoms. The molecule has 108 valence electrons. The molecule has 0 aliphatic carbocycles. The van der Waals surface area contributed by atoms with E-state index >= 15 is 0 Å². The minimum absolute atomic E-state index is 0.175. The molecule has 1 aliphatic rings. The zero-order valence-corrected chi connectivity index (χ0v) is 10.9. The second-order valence-corrected chi connectivity index (χ2v) is 4.97. The number of benzene rings is 1. The molecule has 20 heavy (non-hydrogen) atoms. The van der Waals surface area contributed by atoms with E-state index in [1.54, 1.807) is 6.07 Å². The van der Waals surface area contributed by atoms with Crippen molar-refractivity contribution in [2.45, 2.75) is 19.3 Å². The number of hydrogen-bond donors (Lipinski definition) is 0. The summed E-state index contributed by atoms with van der Waals surface area (Å²) in [5, 5.41) is 0.760. The molecule has 2 aromatic rings. The number of fused-ring (bicyclic) bond motifs is 1. The normalized spacial score (nSPS) is 16.4. The quantitative estimate of drug-likeness (QED) is 0.857. The van der Waals surface area contributed by atoms with Crippen molar-refractivity contribution < 1.29 is 17.9 Å². The molecule has 0 unspecified atom stereocenters. The standard InChI is InChI=1S/C14H15F3N2O/c15-14(16,17)20-12-2-3-13-11(10-12)4-7-19(13)9-8-18-5-1-6-18/h2-4,7,10H,1,5-6,8-9H2. The van der Waals surface area contributed by atoms with Crippen LogP contribution < -0.4 is 4.74 Å². The highest BCUT2D eigenvalue weighted by atomic mass is 19.4. The lowest BCUT2D eigenvalue weighted by Gasteiger charge is -2.30. The third-order valence-electron chi connectivity index (χ3n) is 3.58. The summed E-state index contributed by atoms with van der Waals surface area (Å²) in [5.74, 6) is -0.175. The van der Waals surface area contributed by atoms with Crippen LogP contribution >= 0.6 is 0 Å². The predicted octanol–water partition coefficient (Wildman–Crippen LogP) is 3.25. The first-order chi connectivity index (χ1) is 9.51. The van der Waals surface area contributed by atoms with Crippen LogP contribution in [0.2, 0.25) is 0 Å². The van der Waals surface area contributed by atoms with Crippen LogP contribution in [0.1, 0.15) is 6.42 Å². The predicted molar refractivity (Wildman–Crippen MR) is 69.7 cm³/mol. The van der Waals surface area contributed by atoms with Gasteiger partial charge in [0.2, 0.25) is 0 Å². The van der Waals surface area contributed by atoms with E-state index in [-0.39, 0.29) is 5.75 Å². The zero-order valence-electron chi connectivity index (χ0n) is 10.9. The molecular weight excluding hydrogens is 269 g/mol. The average Bonchev–Trinajstić information content (AvgIpc) is 2.67. The van der Waals surface area contributed by atoms with E-state index in [0.717, 1.165) is 37.1 Å². The third-order valence-corrected chi connectivity index (χ3v) is 3.58. The van der Waals surface area contributed by atoms with Gasteiger partial charge < -0.3 is 14.2 Å². The summed E-state index contributed by atoms with van der Waals surface area (Å²) in [7, 11) is 0. The monoisotopic (exact) mass is 284 g/mol. The topological polar surface area (TPSA) is 17.4 Å². The van der Waals surface area contributed by atoms with Crippen molar-refractivity contribution in [3.05, 3.63) is 30.5 Å². The van der Waals surface area contributed by atoms with Crippen LogP contribution in [0.15, 0.2) is 30.5 Å². The third kappa shape index (κ3) is 2.90. The van der Waals surface area contributed by atoms with E-state index in [1.165, 1.54) is 18.6 Å². The van der Waals surface area contributed by atoms with Gasteiger partial charge in [0, 0.05) is 30.2 Å². The SMILES string of the molecule is FC(F)(F)Oc1ccc2c(ccn2CCN2CCC2)c1. The van der Waals surface area contributed by atoms with Crippen LogP contribution in [-0.4, -0.2) is 35.5 Å². The number of nitrogens with zero attached hydrogens (tertiary/aromatic N) is 2. The molecule has 1 saturated heterocycles. The van der Waals surface area contributed by atoms with Gasteiger partial charge >= 0.3 is 6.36 Å². The molecule has 0 N–H and O–H groups in total. The Balaban J connectivity index is 1.75. The van der Waals surface area contributed by atoms with Crippen molar-refractivity contribution in [1.82, 2.24) is 9.47 Å². The van der Waals surface area contributed by atoms with Crippen LogP contribution in [0.3, 0.4) is 0 Å². The Labute approximate surface area is 114 Å². The number of aromatic nitrogens is 1. The van der Waals surface area contributed by atoms with Crippen LogP contribution in [-0.2, 0) is 6.54 Å². The highest BCUT2D eigenvalue weighted by Gasteiger charge is 2.31. The van der Waals surface area contributed by atoms with Gasteiger partial charge in [0.15, 0.2) is 0 Å². The Kier molecular flexibility index (Phi) is 3.33. The first-order valence-electron chi connectivity index (χ1n) is 6.58. The fourth-order valence-corrected chi connectivity index (χ4v) is 2.42. The van der Waals surface area contributed by atoms with Gasteiger partial charge in [-0.05, 0) is 43.8 Å². The summed E-state index contributed by atoms with van der Waals surface area (Å²) < 4.78 is 42.5. The lowest BCUT2D eigenvalue weighted by Crippen LogP contribution is -2.39. The number of hydrogen-bond acceptors (Lipinski definition) is 2. The number of alkyl halides is 3.